The minimum atomic E-state index is 1.01. The molecule has 1 saturated heterocycles. The van der Waals surface area contributed by atoms with E-state index in [1.807, 2.05) is 29.9 Å². The van der Waals surface area contributed by atoms with Crippen molar-refractivity contribution in [2.45, 2.75) is 0 Å². The second-order valence-electron chi connectivity index (χ2n) is 3.98. The highest BCUT2D eigenvalue weighted by Gasteiger charge is 2.19. The van der Waals surface area contributed by atoms with Crippen LogP contribution in [0.1, 0.15) is 0 Å². The van der Waals surface area contributed by atoms with Crippen molar-refractivity contribution in [3.8, 4) is 0 Å². The van der Waals surface area contributed by atoms with Crippen LogP contribution in [-0.4, -0.2) is 36.1 Å². The first kappa shape index (κ1) is 10.5. The molecular formula is C12H14N4S. The van der Waals surface area contributed by atoms with Gasteiger partial charge >= 0.3 is 0 Å². The zero-order valence-electron chi connectivity index (χ0n) is 9.49. The molecule has 0 spiro atoms. The van der Waals surface area contributed by atoms with Crippen LogP contribution in [0.25, 0.3) is 0 Å². The molecule has 5 heteroatoms. The molecule has 3 rings (SSSR count). The minimum absolute atomic E-state index is 1.01. The van der Waals surface area contributed by atoms with Crippen LogP contribution in [0.15, 0.2) is 36.0 Å². The van der Waals surface area contributed by atoms with Crippen molar-refractivity contribution in [3.63, 3.8) is 0 Å². The van der Waals surface area contributed by atoms with E-state index in [1.165, 1.54) is 0 Å². The summed E-state index contributed by atoms with van der Waals surface area (Å²) in [6, 6.07) is 6.06. The first-order chi connectivity index (χ1) is 8.43. The van der Waals surface area contributed by atoms with Gasteiger partial charge in [-0.1, -0.05) is 6.07 Å². The second kappa shape index (κ2) is 4.71. The Hall–Kier alpha value is -1.62. The SMILES string of the molecule is c1ccc(N2CCN(c3nccs3)CC2)nc1. The first-order valence-electron chi connectivity index (χ1n) is 5.74. The molecular weight excluding hydrogens is 232 g/mol. The van der Waals surface area contributed by atoms with Crippen LogP contribution in [0.2, 0.25) is 0 Å². The molecule has 88 valence electrons. The monoisotopic (exact) mass is 246 g/mol. The number of pyridine rings is 1. The van der Waals surface area contributed by atoms with Gasteiger partial charge in [-0.3, -0.25) is 0 Å². The van der Waals surface area contributed by atoms with Crippen LogP contribution >= 0.6 is 11.3 Å². The number of hydrogen-bond donors (Lipinski definition) is 0. The molecule has 17 heavy (non-hydrogen) atoms. The average molecular weight is 246 g/mol. The Morgan fingerprint density at radius 2 is 1.76 bits per heavy atom. The summed E-state index contributed by atoms with van der Waals surface area (Å²) in [4.78, 5) is 13.4. The van der Waals surface area contributed by atoms with E-state index in [0.29, 0.717) is 0 Å². The number of nitrogens with zero attached hydrogens (tertiary/aromatic N) is 4. The third kappa shape index (κ3) is 2.24. The maximum Gasteiger partial charge on any atom is 0.185 e. The number of piperazine rings is 1. The van der Waals surface area contributed by atoms with Gasteiger partial charge < -0.3 is 9.80 Å². The molecule has 4 nitrogen and oxygen atoms in total. The molecule has 0 unspecified atom stereocenters. The molecule has 0 atom stereocenters. The van der Waals surface area contributed by atoms with Crippen molar-refractivity contribution in [1.82, 2.24) is 9.97 Å². The standard InChI is InChI=1S/C12H14N4S/c1-2-4-13-11(3-1)15-6-8-16(9-7-15)12-14-5-10-17-12/h1-5,10H,6-9H2. The molecule has 2 aromatic heterocycles. The van der Waals surface area contributed by atoms with E-state index in [1.54, 1.807) is 11.3 Å². The third-order valence-corrected chi connectivity index (χ3v) is 3.77. The summed E-state index contributed by atoms with van der Waals surface area (Å²) in [6.07, 6.45) is 3.72. The van der Waals surface area contributed by atoms with Crippen LogP contribution < -0.4 is 9.80 Å². The van der Waals surface area contributed by atoms with Gasteiger partial charge in [-0.2, -0.15) is 0 Å². The quantitative estimate of drug-likeness (QED) is 0.809. The van der Waals surface area contributed by atoms with Crippen molar-refractivity contribution in [3.05, 3.63) is 36.0 Å². The highest BCUT2D eigenvalue weighted by Crippen LogP contribution is 2.20. The van der Waals surface area contributed by atoms with E-state index in [0.717, 1.165) is 37.1 Å². The lowest BCUT2D eigenvalue weighted by Crippen LogP contribution is -2.46. The van der Waals surface area contributed by atoms with E-state index in [4.69, 9.17) is 0 Å². The van der Waals surface area contributed by atoms with Crippen LogP contribution in [0.4, 0.5) is 10.9 Å². The number of hydrogen-bond acceptors (Lipinski definition) is 5. The topological polar surface area (TPSA) is 32.3 Å². The summed E-state index contributed by atoms with van der Waals surface area (Å²) >= 11 is 1.71. The zero-order valence-corrected chi connectivity index (χ0v) is 10.3. The lowest BCUT2D eigenvalue weighted by molar-refractivity contribution is 0.646. The molecule has 1 fully saturated rings. The Balaban J connectivity index is 1.65. The number of anilines is 2. The van der Waals surface area contributed by atoms with Crippen molar-refractivity contribution >= 4 is 22.3 Å². The van der Waals surface area contributed by atoms with Gasteiger partial charge in [0, 0.05) is 44.0 Å². The predicted molar refractivity (Wildman–Crippen MR) is 70.8 cm³/mol. The van der Waals surface area contributed by atoms with E-state index in [-0.39, 0.29) is 0 Å². The van der Waals surface area contributed by atoms with Gasteiger partial charge in [0.05, 0.1) is 0 Å². The summed E-state index contributed by atoms with van der Waals surface area (Å²) in [7, 11) is 0. The van der Waals surface area contributed by atoms with E-state index < -0.39 is 0 Å². The predicted octanol–water partition coefficient (Wildman–Crippen LogP) is 1.86. The molecule has 0 radical (unpaired) electrons. The Labute approximate surface area is 105 Å². The van der Waals surface area contributed by atoms with Crippen molar-refractivity contribution in [1.29, 1.82) is 0 Å². The fraction of sp³-hybridized carbons (Fsp3) is 0.333. The van der Waals surface area contributed by atoms with Crippen molar-refractivity contribution in [2.24, 2.45) is 0 Å². The number of aromatic nitrogens is 2. The van der Waals surface area contributed by atoms with Gasteiger partial charge in [0.15, 0.2) is 5.13 Å². The van der Waals surface area contributed by atoms with Gasteiger partial charge in [-0.15, -0.1) is 11.3 Å². The summed E-state index contributed by atoms with van der Waals surface area (Å²) < 4.78 is 0. The molecule has 1 aliphatic heterocycles. The lowest BCUT2D eigenvalue weighted by atomic mass is 10.3. The fourth-order valence-corrected chi connectivity index (χ4v) is 2.74. The molecule has 1 aliphatic rings. The van der Waals surface area contributed by atoms with Gasteiger partial charge in [-0.05, 0) is 12.1 Å². The number of rotatable bonds is 2. The van der Waals surface area contributed by atoms with Crippen LogP contribution in [-0.2, 0) is 0 Å². The highest BCUT2D eigenvalue weighted by molar-refractivity contribution is 7.13. The molecule has 0 aromatic carbocycles. The summed E-state index contributed by atoms with van der Waals surface area (Å²) in [5, 5.41) is 3.16. The third-order valence-electron chi connectivity index (χ3n) is 2.94. The summed E-state index contributed by atoms with van der Waals surface area (Å²) in [5.41, 5.74) is 0. The Bertz CT molecular complexity index is 449. The Morgan fingerprint density at radius 1 is 0.941 bits per heavy atom. The first-order valence-corrected chi connectivity index (χ1v) is 6.62. The van der Waals surface area contributed by atoms with E-state index in [9.17, 15) is 0 Å². The van der Waals surface area contributed by atoms with Crippen LogP contribution in [0, 0.1) is 0 Å². The van der Waals surface area contributed by atoms with Crippen molar-refractivity contribution in [2.75, 3.05) is 36.0 Å². The Kier molecular flexibility index (Phi) is 2.92. The van der Waals surface area contributed by atoms with Gasteiger partial charge in [0.25, 0.3) is 0 Å². The molecule has 0 bridgehead atoms. The zero-order chi connectivity index (χ0) is 11.5. The molecule has 2 aromatic rings. The maximum absolute atomic E-state index is 4.38. The smallest absolute Gasteiger partial charge is 0.185 e. The lowest BCUT2D eigenvalue weighted by Gasteiger charge is -2.35. The molecule has 0 saturated carbocycles. The average Bonchev–Trinajstić information content (AvgIpc) is 2.94. The highest BCUT2D eigenvalue weighted by atomic mass is 32.1. The number of thiazole rings is 1. The van der Waals surface area contributed by atoms with Crippen LogP contribution in [0.3, 0.4) is 0 Å². The van der Waals surface area contributed by atoms with Gasteiger partial charge in [0.1, 0.15) is 5.82 Å². The largest absolute Gasteiger partial charge is 0.353 e. The molecule has 0 amide bonds. The molecule has 0 aliphatic carbocycles. The minimum Gasteiger partial charge on any atom is -0.353 e. The van der Waals surface area contributed by atoms with Crippen LogP contribution in [0.5, 0.6) is 0 Å². The maximum atomic E-state index is 4.38. The van der Waals surface area contributed by atoms with E-state index >= 15 is 0 Å². The molecule has 3 heterocycles. The van der Waals surface area contributed by atoms with E-state index in [2.05, 4.69) is 25.8 Å². The Morgan fingerprint density at radius 3 is 2.41 bits per heavy atom. The fourth-order valence-electron chi connectivity index (χ4n) is 2.04. The molecule has 0 N–H and O–H groups in total. The van der Waals surface area contributed by atoms with Gasteiger partial charge in [-0.25, -0.2) is 9.97 Å². The van der Waals surface area contributed by atoms with Gasteiger partial charge in [0.2, 0.25) is 0 Å². The normalized spacial score (nSPS) is 16.2. The summed E-state index contributed by atoms with van der Waals surface area (Å²) in [5.74, 6) is 1.08. The summed E-state index contributed by atoms with van der Waals surface area (Å²) in [6.45, 7) is 4.06. The second-order valence-corrected chi connectivity index (χ2v) is 4.85. The van der Waals surface area contributed by atoms with Crippen molar-refractivity contribution < 1.29 is 0 Å².